The summed E-state index contributed by atoms with van der Waals surface area (Å²) in [6.45, 7) is 0. The average molecular weight is 439 g/mol. The highest BCUT2D eigenvalue weighted by atomic mass is 16.3. The zero-order valence-electron chi connectivity index (χ0n) is 18.0. The predicted molar refractivity (Wildman–Crippen MR) is 133 cm³/mol. The van der Waals surface area contributed by atoms with Crippen molar-refractivity contribution < 1.29 is 4.42 Å². The number of imidazole rings is 1. The van der Waals surface area contributed by atoms with E-state index in [-0.39, 0.29) is 0 Å². The van der Waals surface area contributed by atoms with E-state index in [2.05, 4.69) is 51.6 Å². The van der Waals surface area contributed by atoms with Gasteiger partial charge in [-0.1, -0.05) is 66.7 Å². The molecule has 0 saturated heterocycles. The average Bonchev–Trinajstić information content (AvgIpc) is 3.48. The molecule has 0 aliphatic carbocycles. The van der Waals surface area contributed by atoms with Gasteiger partial charge < -0.3 is 4.42 Å². The number of hydrogen-bond acceptors (Lipinski definition) is 5. The van der Waals surface area contributed by atoms with Gasteiger partial charge in [-0.2, -0.15) is 0 Å². The maximum atomic E-state index is 6.48. The quantitative estimate of drug-likeness (QED) is 0.317. The van der Waals surface area contributed by atoms with Crippen LogP contribution in [0.2, 0.25) is 0 Å². The number of rotatable bonds is 3. The minimum Gasteiger partial charge on any atom is -0.455 e. The molecule has 0 unspecified atom stereocenters. The molecule has 7 aromatic rings. The van der Waals surface area contributed by atoms with Crippen LogP contribution in [0.25, 0.3) is 61.4 Å². The third-order valence-corrected chi connectivity index (χ3v) is 6.08. The molecule has 6 heteroatoms. The highest BCUT2D eigenvalue weighted by Crippen LogP contribution is 2.38. The molecule has 7 rings (SSSR count). The van der Waals surface area contributed by atoms with E-state index in [0.29, 0.717) is 17.1 Å². The molecule has 4 aromatic carbocycles. The summed E-state index contributed by atoms with van der Waals surface area (Å²) in [4.78, 5) is 9.18. The number of aromatic nitrogens is 5. The SMILES string of the molecule is c1ccc(-c2ccc3c(c2)oc2c(-c4nc5ncnnc5n4-c4ccccc4)cccc23)cc1. The van der Waals surface area contributed by atoms with Crippen molar-refractivity contribution in [1.29, 1.82) is 0 Å². The van der Waals surface area contributed by atoms with E-state index in [1.165, 1.54) is 6.33 Å². The minimum atomic E-state index is 0.535. The van der Waals surface area contributed by atoms with Gasteiger partial charge in [0, 0.05) is 16.5 Å². The summed E-state index contributed by atoms with van der Waals surface area (Å²) < 4.78 is 8.46. The molecular weight excluding hydrogens is 422 g/mol. The van der Waals surface area contributed by atoms with Crippen molar-refractivity contribution in [3.8, 4) is 28.2 Å². The molecule has 6 nitrogen and oxygen atoms in total. The maximum Gasteiger partial charge on any atom is 0.206 e. The van der Waals surface area contributed by atoms with Crippen molar-refractivity contribution in [3.05, 3.63) is 103 Å². The molecule has 0 N–H and O–H groups in total. The Morgan fingerprint density at radius 2 is 1.53 bits per heavy atom. The molecule has 0 saturated carbocycles. The van der Waals surface area contributed by atoms with Crippen LogP contribution in [0.3, 0.4) is 0 Å². The monoisotopic (exact) mass is 439 g/mol. The van der Waals surface area contributed by atoms with Crippen LogP contribution in [0.1, 0.15) is 0 Å². The minimum absolute atomic E-state index is 0.535. The van der Waals surface area contributed by atoms with Crippen LogP contribution in [-0.4, -0.2) is 24.7 Å². The Bertz CT molecular complexity index is 1800. The smallest absolute Gasteiger partial charge is 0.206 e. The largest absolute Gasteiger partial charge is 0.455 e. The van der Waals surface area contributed by atoms with Gasteiger partial charge >= 0.3 is 0 Å². The summed E-state index contributed by atoms with van der Waals surface area (Å²) in [5, 5.41) is 10.4. The van der Waals surface area contributed by atoms with Gasteiger partial charge in [-0.05, 0) is 41.5 Å². The van der Waals surface area contributed by atoms with Gasteiger partial charge in [0.2, 0.25) is 11.3 Å². The van der Waals surface area contributed by atoms with Crippen molar-refractivity contribution in [3.63, 3.8) is 0 Å². The molecule has 3 aromatic heterocycles. The molecule has 0 aliphatic rings. The fraction of sp³-hybridized carbons (Fsp3) is 0. The zero-order chi connectivity index (χ0) is 22.5. The van der Waals surface area contributed by atoms with Crippen molar-refractivity contribution in [2.24, 2.45) is 0 Å². The van der Waals surface area contributed by atoms with E-state index in [4.69, 9.17) is 9.40 Å². The Labute approximate surface area is 194 Å². The van der Waals surface area contributed by atoms with Crippen molar-refractivity contribution >= 4 is 33.2 Å². The Morgan fingerprint density at radius 3 is 2.38 bits per heavy atom. The molecule has 0 amide bonds. The van der Waals surface area contributed by atoms with Gasteiger partial charge in [-0.15, -0.1) is 10.2 Å². The van der Waals surface area contributed by atoms with Gasteiger partial charge in [-0.3, -0.25) is 4.57 Å². The fourth-order valence-electron chi connectivity index (χ4n) is 4.52. The second-order valence-corrected chi connectivity index (χ2v) is 8.07. The van der Waals surface area contributed by atoms with Gasteiger partial charge in [0.1, 0.15) is 17.5 Å². The molecule has 0 atom stereocenters. The maximum absolute atomic E-state index is 6.48. The zero-order valence-corrected chi connectivity index (χ0v) is 18.0. The van der Waals surface area contributed by atoms with E-state index >= 15 is 0 Å². The van der Waals surface area contributed by atoms with E-state index in [1.54, 1.807) is 0 Å². The van der Waals surface area contributed by atoms with E-state index in [1.807, 2.05) is 65.2 Å². The topological polar surface area (TPSA) is 69.6 Å². The lowest BCUT2D eigenvalue weighted by molar-refractivity contribution is 0.669. The van der Waals surface area contributed by atoms with Gasteiger partial charge in [0.15, 0.2) is 5.82 Å². The van der Waals surface area contributed by atoms with Gasteiger partial charge in [-0.25, -0.2) is 9.97 Å². The molecule has 3 heterocycles. The molecule has 0 fully saturated rings. The van der Waals surface area contributed by atoms with Crippen LogP contribution >= 0.6 is 0 Å². The summed E-state index contributed by atoms with van der Waals surface area (Å²) in [5.41, 5.74) is 6.83. The highest BCUT2D eigenvalue weighted by molar-refractivity contribution is 6.10. The Hall–Kier alpha value is -4.84. The number of furan rings is 1. The van der Waals surface area contributed by atoms with Crippen LogP contribution in [0.5, 0.6) is 0 Å². The second kappa shape index (κ2) is 7.35. The van der Waals surface area contributed by atoms with Crippen LogP contribution in [0.4, 0.5) is 0 Å². The molecule has 160 valence electrons. The normalized spacial score (nSPS) is 11.5. The van der Waals surface area contributed by atoms with Gasteiger partial charge in [0.25, 0.3) is 0 Å². The first-order valence-electron chi connectivity index (χ1n) is 11.0. The van der Waals surface area contributed by atoms with Crippen molar-refractivity contribution in [2.75, 3.05) is 0 Å². The number of nitrogens with zero attached hydrogens (tertiary/aromatic N) is 5. The standard InChI is InChI=1S/C28H17N5O/c1-3-8-18(9-4-1)19-14-15-21-22-12-7-13-23(25(22)34-24(21)16-19)27-31-26-28(32-30-17-29-26)33(27)20-10-5-2-6-11-20/h1-17H. The molecule has 0 aliphatic heterocycles. The van der Waals surface area contributed by atoms with E-state index < -0.39 is 0 Å². The first kappa shape index (κ1) is 18.7. The summed E-state index contributed by atoms with van der Waals surface area (Å²) in [6.07, 6.45) is 1.42. The summed E-state index contributed by atoms with van der Waals surface area (Å²) in [7, 11) is 0. The summed E-state index contributed by atoms with van der Waals surface area (Å²) in [6, 6.07) is 32.8. The second-order valence-electron chi connectivity index (χ2n) is 8.07. The molecular formula is C28H17N5O. The number of para-hydroxylation sites is 2. The molecule has 34 heavy (non-hydrogen) atoms. The van der Waals surface area contributed by atoms with Crippen LogP contribution in [0, 0.1) is 0 Å². The predicted octanol–water partition coefficient (Wildman–Crippen LogP) is 6.44. The lowest BCUT2D eigenvalue weighted by Crippen LogP contribution is -1.99. The summed E-state index contributed by atoms with van der Waals surface area (Å²) >= 11 is 0. The summed E-state index contributed by atoms with van der Waals surface area (Å²) in [5.74, 6) is 0.710. The van der Waals surface area contributed by atoms with Gasteiger partial charge in [0.05, 0.1) is 5.56 Å². The lowest BCUT2D eigenvalue weighted by Gasteiger charge is -2.08. The lowest BCUT2D eigenvalue weighted by atomic mass is 10.0. The van der Waals surface area contributed by atoms with E-state index in [0.717, 1.165) is 44.3 Å². The Kier molecular flexibility index (Phi) is 4.04. The van der Waals surface area contributed by atoms with Crippen molar-refractivity contribution in [1.82, 2.24) is 24.7 Å². The highest BCUT2D eigenvalue weighted by Gasteiger charge is 2.21. The third kappa shape index (κ3) is 2.82. The fourth-order valence-corrected chi connectivity index (χ4v) is 4.52. The third-order valence-electron chi connectivity index (χ3n) is 6.08. The molecule has 0 bridgehead atoms. The Morgan fingerprint density at radius 1 is 0.706 bits per heavy atom. The Balaban J connectivity index is 1.50. The number of hydrogen-bond donors (Lipinski definition) is 0. The van der Waals surface area contributed by atoms with Crippen LogP contribution in [-0.2, 0) is 0 Å². The van der Waals surface area contributed by atoms with Crippen LogP contribution < -0.4 is 0 Å². The number of benzene rings is 4. The van der Waals surface area contributed by atoms with Crippen molar-refractivity contribution in [2.45, 2.75) is 0 Å². The first-order chi connectivity index (χ1) is 16.9. The molecule has 0 spiro atoms. The number of fused-ring (bicyclic) bond motifs is 4. The van der Waals surface area contributed by atoms with E-state index in [9.17, 15) is 0 Å². The van der Waals surface area contributed by atoms with Crippen LogP contribution in [0.15, 0.2) is 108 Å². The molecule has 0 radical (unpaired) electrons. The first-order valence-corrected chi connectivity index (χ1v) is 11.0.